The number of imide groups is 2. The van der Waals surface area contributed by atoms with Crippen LogP contribution in [0.4, 0.5) is 5.69 Å². The second-order valence-electron chi connectivity index (χ2n) is 12.5. The first-order valence-electron chi connectivity index (χ1n) is 16.4. The summed E-state index contributed by atoms with van der Waals surface area (Å²) in [5.41, 5.74) is 3.37. The number of anilines is 1. The van der Waals surface area contributed by atoms with Gasteiger partial charge in [0.1, 0.15) is 0 Å². The largest absolute Gasteiger partial charge is 0.371 e. The van der Waals surface area contributed by atoms with Crippen molar-refractivity contribution < 1.29 is 19.2 Å². The van der Waals surface area contributed by atoms with E-state index in [2.05, 4.69) is 27.7 Å². The first-order valence-corrected chi connectivity index (χ1v) is 16.4. The van der Waals surface area contributed by atoms with E-state index in [1.807, 2.05) is 54.6 Å². The molecule has 0 bridgehead atoms. The maximum Gasteiger partial charge on any atom is 0.262 e. The Morgan fingerprint density at radius 2 is 1.17 bits per heavy atom. The van der Waals surface area contributed by atoms with E-state index in [1.165, 1.54) is 9.80 Å². The number of rotatable bonds is 11. The highest BCUT2D eigenvalue weighted by Gasteiger charge is 2.35. The molecule has 0 atom stereocenters. The summed E-state index contributed by atoms with van der Waals surface area (Å²) < 4.78 is 0. The van der Waals surface area contributed by atoms with Crippen LogP contribution in [0.1, 0.15) is 54.3 Å². The fraction of sp³-hybridized carbons (Fsp3) is 0.263. The molecule has 236 valence electrons. The second-order valence-corrected chi connectivity index (χ2v) is 12.5. The molecule has 4 amide bonds. The van der Waals surface area contributed by atoms with Gasteiger partial charge in [0.05, 0.1) is 11.1 Å². The van der Waals surface area contributed by atoms with Crippen molar-refractivity contribution in [1.29, 1.82) is 0 Å². The Morgan fingerprint density at radius 3 is 1.83 bits per heavy atom. The highest BCUT2D eigenvalue weighted by molar-refractivity contribution is 6.31. The van der Waals surface area contributed by atoms with Crippen LogP contribution in [0.2, 0.25) is 0 Å². The molecule has 9 heteroatoms. The summed E-state index contributed by atoms with van der Waals surface area (Å²) in [6.07, 6.45) is 1.94. The molecule has 0 radical (unpaired) electrons. The topological polar surface area (TPSA) is 102 Å². The van der Waals surface area contributed by atoms with Crippen LogP contribution in [0.15, 0.2) is 78.9 Å². The van der Waals surface area contributed by atoms with Gasteiger partial charge in [0.25, 0.3) is 23.6 Å². The van der Waals surface area contributed by atoms with Crippen LogP contribution in [-0.4, -0.2) is 85.8 Å². The zero-order valence-electron chi connectivity index (χ0n) is 26.1. The molecular weight excluding hydrogens is 590 g/mol. The number of fused-ring (bicyclic) bond motifs is 2. The van der Waals surface area contributed by atoms with Gasteiger partial charge < -0.3 is 15.5 Å². The lowest BCUT2D eigenvalue weighted by Crippen LogP contribution is -2.44. The molecule has 3 aliphatic rings. The van der Waals surface area contributed by atoms with E-state index in [0.29, 0.717) is 48.4 Å². The molecule has 0 spiro atoms. The van der Waals surface area contributed by atoms with Crippen molar-refractivity contribution >= 4 is 61.6 Å². The molecule has 2 N–H and O–H groups in total. The molecule has 0 aromatic heterocycles. The Labute approximate surface area is 272 Å². The van der Waals surface area contributed by atoms with Crippen LogP contribution in [0, 0.1) is 0 Å². The third-order valence-electron chi connectivity index (χ3n) is 9.69. The van der Waals surface area contributed by atoms with E-state index < -0.39 is 0 Å². The highest BCUT2D eigenvalue weighted by Crippen LogP contribution is 2.39. The van der Waals surface area contributed by atoms with Gasteiger partial charge in [0, 0.05) is 66.9 Å². The quantitative estimate of drug-likeness (QED) is 0.123. The number of nitrogens with zero attached hydrogens (tertiary/aromatic N) is 3. The van der Waals surface area contributed by atoms with Crippen molar-refractivity contribution in [3.05, 3.63) is 101 Å². The predicted molar refractivity (Wildman–Crippen MR) is 183 cm³/mol. The molecular formula is C38H35N5O4. The Bertz CT molecular complexity index is 2070. The monoisotopic (exact) mass is 625 g/mol. The number of carbonyl (C=O) groups is 4. The molecule has 5 aromatic carbocycles. The van der Waals surface area contributed by atoms with Crippen molar-refractivity contribution in [3.63, 3.8) is 0 Å². The zero-order chi connectivity index (χ0) is 32.1. The first-order chi connectivity index (χ1) is 23.0. The summed E-state index contributed by atoms with van der Waals surface area (Å²) in [5, 5.41) is 11.9. The number of nitrogens with one attached hydrogen (secondary N) is 2. The van der Waals surface area contributed by atoms with Crippen molar-refractivity contribution in [2.75, 3.05) is 57.3 Å². The lowest BCUT2D eigenvalue weighted by molar-refractivity contribution is 0.0598. The first kappa shape index (κ1) is 29.3. The van der Waals surface area contributed by atoms with Gasteiger partial charge in [-0.2, -0.15) is 0 Å². The van der Waals surface area contributed by atoms with Crippen LogP contribution < -0.4 is 15.5 Å². The standard InChI is InChI=1S/C38H35N5O4/c44-35-29-11-3-8-24-9-4-12-30(32(24)29)36(45)42(35)19-15-39-13-5-14-40-16-20-43-37(46)31-23-27(41-17-6-18-41)22-26-21-25-7-1-2-10-28(25)34(33(26)31)38(43)47/h1-4,7-12,21-23,39-40H,5-6,13-20H2. The smallest absolute Gasteiger partial charge is 0.262 e. The number of amides is 4. The molecule has 0 saturated carbocycles. The molecule has 0 aliphatic carbocycles. The predicted octanol–water partition coefficient (Wildman–Crippen LogP) is 4.82. The van der Waals surface area contributed by atoms with Crippen LogP contribution >= 0.6 is 0 Å². The average Bonchev–Trinajstić information content (AvgIpc) is 3.06. The number of hydrogen-bond acceptors (Lipinski definition) is 7. The van der Waals surface area contributed by atoms with E-state index in [-0.39, 0.29) is 36.7 Å². The van der Waals surface area contributed by atoms with E-state index in [0.717, 1.165) is 63.9 Å². The third-order valence-corrected chi connectivity index (χ3v) is 9.69. The molecule has 5 aromatic rings. The number of carbonyl (C=O) groups excluding carboxylic acids is 4. The van der Waals surface area contributed by atoms with Gasteiger partial charge in [-0.05, 0) is 77.8 Å². The normalized spacial score (nSPS) is 15.8. The van der Waals surface area contributed by atoms with Crippen molar-refractivity contribution in [3.8, 4) is 0 Å². The number of hydrogen-bond donors (Lipinski definition) is 2. The third kappa shape index (κ3) is 4.94. The molecule has 1 saturated heterocycles. The minimum Gasteiger partial charge on any atom is -0.371 e. The second kappa shape index (κ2) is 11.9. The van der Waals surface area contributed by atoms with Crippen LogP contribution in [-0.2, 0) is 0 Å². The molecule has 8 rings (SSSR count). The summed E-state index contributed by atoms with van der Waals surface area (Å²) in [6, 6.07) is 25.2. The van der Waals surface area contributed by atoms with E-state index in [9.17, 15) is 19.2 Å². The van der Waals surface area contributed by atoms with Crippen LogP contribution in [0.3, 0.4) is 0 Å². The Morgan fingerprint density at radius 1 is 0.553 bits per heavy atom. The van der Waals surface area contributed by atoms with Gasteiger partial charge in [-0.1, -0.05) is 48.5 Å². The van der Waals surface area contributed by atoms with Gasteiger partial charge in [-0.15, -0.1) is 0 Å². The Kier molecular flexibility index (Phi) is 7.42. The molecule has 47 heavy (non-hydrogen) atoms. The molecule has 9 nitrogen and oxygen atoms in total. The van der Waals surface area contributed by atoms with Crippen molar-refractivity contribution in [2.45, 2.75) is 12.8 Å². The maximum atomic E-state index is 13.9. The highest BCUT2D eigenvalue weighted by atomic mass is 16.2. The minimum absolute atomic E-state index is 0.241. The molecule has 0 unspecified atom stereocenters. The van der Waals surface area contributed by atoms with Crippen LogP contribution in [0.25, 0.3) is 32.3 Å². The van der Waals surface area contributed by atoms with E-state index >= 15 is 0 Å². The average molecular weight is 626 g/mol. The lowest BCUT2D eigenvalue weighted by atomic mass is 9.88. The molecule has 3 heterocycles. The molecule has 3 aliphatic heterocycles. The van der Waals surface area contributed by atoms with Gasteiger partial charge in [-0.25, -0.2) is 0 Å². The van der Waals surface area contributed by atoms with Gasteiger partial charge in [0.2, 0.25) is 0 Å². The van der Waals surface area contributed by atoms with Gasteiger partial charge >= 0.3 is 0 Å². The summed E-state index contributed by atoms with van der Waals surface area (Å²) in [5.74, 6) is -0.999. The Hall–Kier alpha value is -5.12. The van der Waals surface area contributed by atoms with Gasteiger partial charge in [-0.3, -0.25) is 29.0 Å². The lowest BCUT2D eigenvalue weighted by Gasteiger charge is -2.35. The zero-order valence-corrected chi connectivity index (χ0v) is 26.1. The molecule has 1 fully saturated rings. The van der Waals surface area contributed by atoms with Crippen molar-refractivity contribution in [1.82, 2.24) is 20.4 Å². The fourth-order valence-corrected chi connectivity index (χ4v) is 7.17. The van der Waals surface area contributed by atoms with E-state index in [1.54, 1.807) is 12.1 Å². The van der Waals surface area contributed by atoms with Crippen molar-refractivity contribution in [2.24, 2.45) is 0 Å². The van der Waals surface area contributed by atoms with Gasteiger partial charge in [0.15, 0.2) is 0 Å². The SMILES string of the molecule is O=C1c2cccc3cccc(c23)C(=O)N1CCNCCCNCCN1C(=O)c2cc(N3CCC3)cc3cc4ccccc4c(c23)C1=O. The van der Waals surface area contributed by atoms with Crippen LogP contribution in [0.5, 0.6) is 0 Å². The summed E-state index contributed by atoms with van der Waals surface area (Å²) in [4.78, 5) is 58.8. The van der Waals surface area contributed by atoms with E-state index in [4.69, 9.17) is 0 Å². The number of benzene rings is 5. The Balaban J connectivity index is 0.857. The summed E-state index contributed by atoms with van der Waals surface area (Å²) in [6.45, 7) is 4.86. The summed E-state index contributed by atoms with van der Waals surface area (Å²) in [7, 11) is 0. The fourth-order valence-electron chi connectivity index (χ4n) is 7.17. The minimum atomic E-state index is -0.256. The maximum absolute atomic E-state index is 13.9. The summed E-state index contributed by atoms with van der Waals surface area (Å²) >= 11 is 0.